The molecule has 0 aliphatic rings. The van der Waals surface area contributed by atoms with Gasteiger partial charge in [0.05, 0.1) is 7.11 Å². The Morgan fingerprint density at radius 2 is 2.19 bits per heavy atom. The third-order valence-electron chi connectivity index (χ3n) is 2.64. The predicted octanol–water partition coefficient (Wildman–Crippen LogP) is 0.287. The largest absolute Gasteiger partial charge is 0.480 e. The third kappa shape index (κ3) is 6.37. The van der Waals surface area contributed by atoms with Gasteiger partial charge < -0.3 is 20.5 Å². The zero-order chi connectivity index (χ0) is 15.7. The number of esters is 1. The molecule has 8 nitrogen and oxygen atoms in total. The number of aliphatic carboxylic acids is 1. The summed E-state index contributed by atoms with van der Waals surface area (Å²) >= 11 is 0. The number of methoxy groups -OCH3 is 1. The number of nitrogens with zero attached hydrogens (tertiary/aromatic N) is 1. The fraction of sp³-hybridized carbons (Fsp3) is 0.385. The summed E-state index contributed by atoms with van der Waals surface area (Å²) in [4.78, 5) is 37.5. The number of nitrogens with one attached hydrogen (secondary N) is 2. The van der Waals surface area contributed by atoms with Gasteiger partial charge in [0.2, 0.25) is 0 Å². The Hall–Kier alpha value is -2.64. The maximum Gasteiger partial charge on any atom is 0.326 e. The molecule has 114 valence electrons. The normalized spacial score (nSPS) is 11.3. The van der Waals surface area contributed by atoms with Gasteiger partial charge in [-0.2, -0.15) is 0 Å². The lowest BCUT2D eigenvalue weighted by Gasteiger charge is -2.14. The molecule has 8 heteroatoms. The molecule has 2 amide bonds. The molecular formula is C13H17N3O5. The van der Waals surface area contributed by atoms with Gasteiger partial charge in [-0.25, -0.2) is 9.59 Å². The van der Waals surface area contributed by atoms with Crippen molar-refractivity contribution in [2.24, 2.45) is 0 Å². The summed E-state index contributed by atoms with van der Waals surface area (Å²) in [5.74, 6) is -1.74. The second-order valence-electron chi connectivity index (χ2n) is 4.19. The van der Waals surface area contributed by atoms with Gasteiger partial charge in [-0.05, 0) is 18.1 Å². The van der Waals surface area contributed by atoms with Crippen LogP contribution in [0.2, 0.25) is 0 Å². The Morgan fingerprint density at radius 3 is 2.76 bits per heavy atom. The highest BCUT2D eigenvalue weighted by Crippen LogP contribution is 2.00. The molecule has 0 radical (unpaired) electrons. The fourth-order valence-electron chi connectivity index (χ4n) is 1.52. The van der Waals surface area contributed by atoms with Crippen molar-refractivity contribution in [3.63, 3.8) is 0 Å². The highest BCUT2D eigenvalue weighted by molar-refractivity contribution is 5.83. The number of carbonyl (C=O) groups is 3. The Bertz CT molecular complexity index is 492. The van der Waals surface area contributed by atoms with Crippen LogP contribution in [0.4, 0.5) is 4.79 Å². The number of urea groups is 1. The lowest BCUT2D eigenvalue weighted by molar-refractivity contribution is -0.142. The topological polar surface area (TPSA) is 118 Å². The van der Waals surface area contributed by atoms with E-state index in [1.54, 1.807) is 24.5 Å². The molecule has 0 aromatic carbocycles. The van der Waals surface area contributed by atoms with E-state index in [1.165, 1.54) is 7.11 Å². The Labute approximate surface area is 121 Å². The lowest BCUT2D eigenvalue weighted by atomic mass is 10.1. The number of carbonyl (C=O) groups excluding carboxylic acids is 2. The van der Waals surface area contributed by atoms with E-state index in [1.807, 2.05) is 0 Å². The van der Waals surface area contributed by atoms with Crippen molar-refractivity contribution in [2.75, 3.05) is 7.11 Å². The number of aromatic nitrogens is 1. The van der Waals surface area contributed by atoms with Gasteiger partial charge in [0.1, 0.15) is 6.04 Å². The van der Waals surface area contributed by atoms with E-state index < -0.39 is 24.0 Å². The lowest BCUT2D eigenvalue weighted by Crippen LogP contribution is -2.46. The number of carboxylic acid groups (broad SMARTS) is 1. The first-order valence-corrected chi connectivity index (χ1v) is 6.26. The number of pyridine rings is 1. The van der Waals surface area contributed by atoms with Crippen molar-refractivity contribution in [3.05, 3.63) is 30.1 Å². The second kappa shape index (κ2) is 8.51. The van der Waals surface area contributed by atoms with E-state index in [4.69, 9.17) is 5.11 Å². The molecule has 1 aromatic rings. The summed E-state index contributed by atoms with van der Waals surface area (Å²) in [5, 5.41) is 13.8. The molecule has 0 bridgehead atoms. The molecule has 3 N–H and O–H groups in total. The number of ether oxygens (including phenoxy) is 1. The summed E-state index contributed by atoms with van der Waals surface area (Å²) in [6, 6.07) is 1.72. The maximum absolute atomic E-state index is 11.6. The predicted molar refractivity (Wildman–Crippen MR) is 72.3 cm³/mol. The van der Waals surface area contributed by atoms with E-state index in [2.05, 4.69) is 20.4 Å². The quantitative estimate of drug-likeness (QED) is 0.622. The first-order chi connectivity index (χ1) is 10.0. The minimum Gasteiger partial charge on any atom is -0.480 e. The number of rotatable bonds is 7. The standard InChI is InChI=1S/C13H17N3O5/c1-21-11(17)5-4-10(12(18)19)16-13(20)15-8-9-3-2-6-14-7-9/h2-3,6-7,10H,4-5,8H2,1H3,(H,18,19)(H2,15,16,20)/t10-/m1/s1. The number of hydrogen-bond acceptors (Lipinski definition) is 5. The van der Waals surface area contributed by atoms with Crippen LogP contribution in [0, 0.1) is 0 Å². The number of amides is 2. The second-order valence-corrected chi connectivity index (χ2v) is 4.19. The van der Waals surface area contributed by atoms with Gasteiger partial charge in [0.15, 0.2) is 0 Å². The van der Waals surface area contributed by atoms with Crippen molar-refractivity contribution >= 4 is 18.0 Å². The Morgan fingerprint density at radius 1 is 1.43 bits per heavy atom. The van der Waals surface area contributed by atoms with Crippen LogP contribution in [0.5, 0.6) is 0 Å². The summed E-state index contributed by atoms with van der Waals surface area (Å²) in [7, 11) is 1.21. The van der Waals surface area contributed by atoms with E-state index in [0.29, 0.717) is 0 Å². The third-order valence-corrected chi connectivity index (χ3v) is 2.64. The fourth-order valence-corrected chi connectivity index (χ4v) is 1.52. The summed E-state index contributed by atoms with van der Waals surface area (Å²) < 4.78 is 4.42. The first-order valence-electron chi connectivity index (χ1n) is 6.26. The number of hydrogen-bond donors (Lipinski definition) is 3. The van der Waals surface area contributed by atoms with Gasteiger partial charge in [-0.1, -0.05) is 6.07 Å². The maximum atomic E-state index is 11.6. The molecule has 1 heterocycles. The van der Waals surface area contributed by atoms with E-state index in [9.17, 15) is 14.4 Å². The summed E-state index contributed by atoms with van der Waals surface area (Å²) in [5.41, 5.74) is 0.786. The molecule has 1 aromatic heterocycles. The molecule has 0 unspecified atom stereocenters. The first kappa shape index (κ1) is 16.4. The summed E-state index contributed by atoms with van der Waals surface area (Å²) in [6.45, 7) is 0.225. The van der Waals surface area contributed by atoms with Gasteiger partial charge in [-0.3, -0.25) is 9.78 Å². The summed E-state index contributed by atoms with van der Waals surface area (Å²) in [6.07, 6.45) is 3.07. The molecule has 1 atom stereocenters. The van der Waals surface area contributed by atoms with E-state index >= 15 is 0 Å². The molecule has 1 rings (SSSR count). The van der Waals surface area contributed by atoms with Crippen LogP contribution in [-0.4, -0.2) is 41.2 Å². The van der Waals surface area contributed by atoms with Crippen molar-refractivity contribution in [3.8, 4) is 0 Å². The average Bonchev–Trinajstić information content (AvgIpc) is 2.49. The zero-order valence-electron chi connectivity index (χ0n) is 11.5. The van der Waals surface area contributed by atoms with Gasteiger partial charge >= 0.3 is 18.0 Å². The Balaban J connectivity index is 2.41. The highest BCUT2D eigenvalue weighted by Gasteiger charge is 2.21. The molecule has 21 heavy (non-hydrogen) atoms. The van der Waals surface area contributed by atoms with E-state index in [0.717, 1.165) is 5.56 Å². The minimum absolute atomic E-state index is 0.0394. The molecular weight excluding hydrogens is 278 g/mol. The SMILES string of the molecule is COC(=O)CC[C@@H](NC(=O)NCc1cccnc1)C(=O)O. The molecule has 0 saturated heterocycles. The van der Waals surface area contributed by atoms with Crippen LogP contribution in [0.1, 0.15) is 18.4 Å². The molecule has 0 aliphatic carbocycles. The van der Waals surface area contributed by atoms with Crippen LogP contribution < -0.4 is 10.6 Å². The van der Waals surface area contributed by atoms with Gasteiger partial charge in [-0.15, -0.1) is 0 Å². The van der Waals surface area contributed by atoms with Gasteiger partial charge in [0, 0.05) is 25.4 Å². The van der Waals surface area contributed by atoms with Crippen LogP contribution in [0.3, 0.4) is 0 Å². The van der Waals surface area contributed by atoms with Crippen molar-refractivity contribution < 1.29 is 24.2 Å². The van der Waals surface area contributed by atoms with Gasteiger partial charge in [0.25, 0.3) is 0 Å². The van der Waals surface area contributed by atoms with E-state index in [-0.39, 0.29) is 19.4 Å². The number of carboxylic acids is 1. The van der Waals surface area contributed by atoms with Crippen molar-refractivity contribution in [1.82, 2.24) is 15.6 Å². The van der Waals surface area contributed by atoms with Crippen molar-refractivity contribution in [1.29, 1.82) is 0 Å². The molecule has 0 aliphatic heterocycles. The van der Waals surface area contributed by atoms with Crippen LogP contribution >= 0.6 is 0 Å². The van der Waals surface area contributed by atoms with Crippen LogP contribution in [0.15, 0.2) is 24.5 Å². The monoisotopic (exact) mass is 295 g/mol. The molecule has 0 fully saturated rings. The minimum atomic E-state index is -1.21. The van der Waals surface area contributed by atoms with Crippen LogP contribution in [0.25, 0.3) is 0 Å². The average molecular weight is 295 g/mol. The smallest absolute Gasteiger partial charge is 0.326 e. The molecule has 0 saturated carbocycles. The zero-order valence-corrected chi connectivity index (χ0v) is 11.5. The Kier molecular flexibility index (Phi) is 6.66. The molecule has 0 spiro atoms. The van der Waals surface area contributed by atoms with Crippen molar-refractivity contribution in [2.45, 2.75) is 25.4 Å². The highest BCUT2D eigenvalue weighted by atomic mass is 16.5. The van der Waals surface area contributed by atoms with Crippen LogP contribution in [-0.2, 0) is 20.9 Å².